The third-order valence-electron chi connectivity index (χ3n) is 3.39. The number of nitrogens with zero attached hydrogens (tertiary/aromatic N) is 1. The molecule has 0 aliphatic heterocycles. The number of nitrogens with one attached hydrogen (secondary N) is 1. The van der Waals surface area contributed by atoms with E-state index in [1.165, 1.54) is 60.5 Å². The summed E-state index contributed by atoms with van der Waals surface area (Å²) in [6, 6.07) is 11.9. The van der Waals surface area contributed by atoms with Crippen LogP contribution in [0.5, 0.6) is 5.75 Å². The van der Waals surface area contributed by atoms with Gasteiger partial charge in [0.1, 0.15) is 5.75 Å². The molecule has 130 valence electrons. The number of carbonyl (C=O) groups is 3. The number of likely N-dealkylation sites (N-methyl/N-ethyl adjacent to an activating group) is 1. The minimum absolute atomic E-state index is 0.0655. The van der Waals surface area contributed by atoms with Crippen molar-refractivity contribution < 1.29 is 24.2 Å². The molecular formula is C18H18N2O5. The van der Waals surface area contributed by atoms with E-state index in [0.717, 1.165) is 0 Å². The van der Waals surface area contributed by atoms with Crippen molar-refractivity contribution in [2.24, 2.45) is 0 Å². The van der Waals surface area contributed by atoms with Crippen LogP contribution in [0, 0.1) is 0 Å². The van der Waals surface area contributed by atoms with E-state index >= 15 is 0 Å². The highest BCUT2D eigenvalue weighted by Crippen LogP contribution is 2.18. The molecule has 0 fully saturated rings. The molecule has 7 heteroatoms. The Bertz CT molecular complexity index is 769. The van der Waals surface area contributed by atoms with Crippen molar-refractivity contribution in [1.82, 2.24) is 0 Å². The number of anilines is 2. The second-order valence-corrected chi connectivity index (χ2v) is 5.13. The fraction of sp³-hybridized carbons (Fsp3) is 0.167. The summed E-state index contributed by atoms with van der Waals surface area (Å²) in [7, 11) is 1.46. The van der Waals surface area contributed by atoms with Gasteiger partial charge in [0, 0.05) is 18.4 Å². The Labute approximate surface area is 144 Å². The van der Waals surface area contributed by atoms with Gasteiger partial charge in [-0.25, -0.2) is 4.79 Å². The smallest absolute Gasteiger partial charge is 0.338 e. The van der Waals surface area contributed by atoms with Gasteiger partial charge in [-0.15, -0.1) is 0 Å². The maximum absolute atomic E-state index is 12.2. The van der Waals surface area contributed by atoms with E-state index in [2.05, 4.69) is 5.32 Å². The number of phenolic OH excluding ortho intramolecular Hbond substituents is 1. The lowest BCUT2D eigenvalue weighted by Gasteiger charge is -2.16. The summed E-state index contributed by atoms with van der Waals surface area (Å²) >= 11 is 0. The van der Waals surface area contributed by atoms with Gasteiger partial charge in [-0.2, -0.15) is 0 Å². The molecule has 0 aliphatic carbocycles. The van der Waals surface area contributed by atoms with Crippen LogP contribution in [0.1, 0.15) is 17.3 Å². The molecule has 0 radical (unpaired) electrons. The normalized spacial score (nSPS) is 10.0. The van der Waals surface area contributed by atoms with E-state index in [9.17, 15) is 19.5 Å². The lowest BCUT2D eigenvalue weighted by Crippen LogP contribution is -2.37. The Morgan fingerprint density at radius 3 is 2.20 bits per heavy atom. The largest absolute Gasteiger partial charge is 0.508 e. The highest BCUT2D eigenvalue weighted by atomic mass is 16.5. The second kappa shape index (κ2) is 7.96. The Kier molecular flexibility index (Phi) is 5.73. The summed E-state index contributed by atoms with van der Waals surface area (Å²) in [5.74, 6) is -1.97. The Hall–Kier alpha value is -3.35. The molecule has 2 aromatic carbocycles. The van der Waals surface area contributed by atoms with Crippen LogP contribution in [0.4, 0.5) is 11.4 Å². The predicted octanol–water partition coefficient (Wildman–Crippen LogP) is 2.17. The van der Waals surface area contributed by atoms with E-state index in [1.807, 2.05) is 0 Å². The first kappa shape index (κ1) is 18.0. The molecule has 0 spiro atoms. The Balaban J connectivity index is 2.02. The summed E-state index contributed by atoms with van der Waals surface area (Å²) < 4.78 is 4.87. The maximum atomic E-state index is 12.2. The fourth-order valence-corrected chi connectivity index (χ4v) is 2.03. The fourth-order valence-electron chi connectivity index (χ4n) is 2.03. The molecule has 2 N–H and O–H groups in total. The number of esters is 1. The van der Waals surface area contributed by atoms with Gasteiger partial charge in [-0.1, -0.05) is 0 Å². The SMILES string of the molecule is CCOC(=O)c1ccc(NC(=O)C(=O)N(C)c2ccc(O)cc2)cc1. The average Bonchev–Trinajstić information content (AvgIpc) is 2.62. The molecule has 25 heavy (non-hydrogen) atoms. The molecule has 0 saturated heterocycles. The number of carbonyl (C=O) groups excluding carboxylic acids is 3. The van der Waals surface area contributed by atoms with Crippen LogP contribution < -0.4 is 10.2 Å². The van der Waals surface area contributed by atoms with Gasteiger partial charge in [0.2, 0.25) is 0 Å². The van der Waals surface area contributed by atoms with Crippen LogP contribution in [0.2, 0.25) is 0 Å². The van der Waals surface area contributed by atoms with Gasteiger partial charge in [0.25, 0.3) is 0 Å². The van der Waals surface area contributed by atoms with Gasteiger partial charge in [0.05, 0.1) is 12.2 Å². The predicted molar refractivity (Wildman–Crippen MR) is 92.5 cm³/mol. The molecular weight excluding hydrogens is 324 g/mol. The lowest BCUT2D eigenvalue weighted by atomic mass is 10.2. The maximum Gasteiger partial charge on any atom is 0.338 e. The van der Waals surface area contributed by atoms with Crippen LogP contribution in [0.25, 0.3) is 0 Å². The summed E-state index contributed by atoms with van der Waals surface area (Å²) in [5.41, 5.74) is 1.20. The van der Waals surface area contributed by atoms with Crippen molar-refractivity contribution in [3.8, 4) is 5.75 Å². The van der Waals surface area contributed by atoms with Gasteiger partial charge in [-0.3, -0.25) is 9.59 Å². The summed E-state index contributed by atoms with van der Waals surface area (Å²) in [5, 5.41) is 11.7. The van der Waals surface area contributed by atoms with E-state index in [0.29, 0.717) is 16.9 Å². The molecule has 0 bridgehead atoms. The van der Waals surface area contributed by atoms with E-state index < -0.39 is 17.8 Å². The van der Waals surface area contributed by atoms with Crippen LogP contribution in [-0.2, 0) is 14.3 Å². The van der Waals surface area contributed by atoms with Crippen LogP contribution >= 0.6 is 0 Å². The van der Waals surface area contributed by atoms with Crippen molar-refractivity contribution in [2.45, 2.75) is 6.92 Å². The van der Waals surface area contributed by atoms with Crippen LogP contribution in [0.3, 0.4) is 0 Å². The number of hydrogen-bond donors (Lipinski definition) is 2. The number of amides is 2. The zero-order valence-electron chi connectivity index (χ0n) is 13.9. The highest BCUT2D eigenvalue weighted by Gasteiger charge is 2.20. The lowest BCUT2D eigenvalue weighted by molar-refractivity contribution is -0.134. The molecule has 2 aromatic rings. The number of hydrogen-bond acceptors (Lipinski definition) is 5. The quantitative estimate of drug-likeness (QED) is 0.656. The molecule has 0 heterocycles. The number of phenols is 1. The van der Waals surface area contributed by atoms with Gasteiger partial charge >= 0.3 is 17.8 Å². The van der Waals surface area contributed by atoms with Crippen molar-refractivity contribution in [2.75, 3.05) is 23.9 Å². The first-order chi connectivity index (χ1) is 11.9. The number of ether oxygens (including phenoxy) is 1. The zero-order chi connectivity index (χ0) is 18.4. The molecule has 7 nitrogen and oxygen atoms in total. The molecule has 0 unspecified atom stereocenters. The summed E-state index contributed by atoms with van der Waals surface area (Å²) in [6.07, 6.45) is 0. The molecule has 2 amide bonds. The van der Waals surface area contributed by atoms with Gasteiger partial charge in [-0.05, 0) is 55.5 Å². The van der Waals surface area contributed by atoms with Crippen molar-refractivity contribution >= 4 is 29.2 Å². The van der Waals surface area contributed by atoms with Crippen molar-refractivity contribution in [3.63, 3.8) is 0 Å². The van der Waals surface area contributed by atoms with E-state index in [4.69, 9.17) is 4.74 Å². The third kappa shape index (κ3) is 4.57. The monoisotopic (exact) mass is 342 g/mol. The second-order valence-electron chi connectivity index (χ2n) is 5.13. The van der Waals surface area contributed by atoms with Crippen molar-refractivity contribution in [1.29, 1.82) is 0 Å². The number of benzene rings is 2. The van der Waals surface area contributed by atoms with Gasteiger partial charge in [0.15, 0.2) is 0 Å². The molecule has 0 aliphatic rings. The van der Waals surface area contributed by atoms with Crippen LogP contribution in [-0.4, -0.2) is 36.5 Å². The highest BCUT2D eigenvalue weighted by molar-refractivity contribution is 6.44. The molecule has 2 rings (SSSR count). The standard InChI is InChI=1S/C18H18N2O5/c1-3-25-18(24)12-4-6-13(7-5-12)19-16(22)17(23)20(2)14-8-10-15(21)11-9-14/h4-11,21H,3H2,1-2H3,(H,19,22). The number of aromatic hydroxyl groups is 1. The minimum Gasteiger partial charge on any atom is -0.508 e. The Morgan fingerprint density at radius 2 is 1.64 bits per heavy atom. The van der Waals surface area contributed by atoms with Crippen LogP contribution in [0.15, 0.2) is 48.5 Å². The number of rotatable bonds is 4. The van der Waals surface area contributed by atoms with Gasteiger partial charge < -0.3 is 20.1 Å². The van der Waals surface area contributed by atoms with E-state index in [-0.39, 0.29) is 12.4 Å². The minimum atomic E-state index is -0.820. The molecule has 0 aromatic heterocycles. The third-order valence-corrected chi connectivity index (χ3v) is 3.39. The summed E-state index contributed by atoms with van der Waals surface area (Å²) in [6.45, 7) is 1.98. The van der Waals surface area contributed by atoms with E-state index in [1.54, 1.807) is 6.92 Å². The first-order valence-corrected chi connectivity index (χ1v) is 7.57. The average molecular weight is 342 g/mol. The van der Waals surface area contributed by atoms with Crippen molar-refractivity contribution in [3.05, 3.63) is 54.1 Å². The summed E-state index contributed by atoms with van der Waals surface area (Å²) in [4.78, 5) is 37.0. The molecule has 0 saturated carbocycles. The molecule has 0 atom stereocenters. The Morgan fingerprint density at radius 1 is 1.04 bits per heavy atom. The topological polar surface area (TPSA) is 95.9 Å². The first-order valence-electron chi connectivity index (χ1n) is 7.57. The zero-order valence-corrected chi connectivity index (χ0v) is 13.9.